The van der Waals surface area contributed by atoms with Gasteiger partial charge in [0.15, 0.2) is 0 Å². The first-order chi connectivity index (χ1) is 9.82. The van der Waals surface area contributed by atoms with Crippen molar-refractivity contribution in [3.63, 3.8) is 0 Å². The van der Waals surface area contributed by atoms with Gasteiger partial charge in [-0.2, -0.15) is 0 Å². The van der Waals surface area contributed by atoms with Crippen molar-refractivity contribution in [3.05, 3.63) is 0 Å². The minimum absolute atomic E-state index is 0.0452. The summed E-state index contributed by atoms with van der Waals surface area (Å²) in [7, 11) is 0. The molecular formula is C13H23NO7. The Morgan fingerprint density at radius 3 is 2.19 bits per heavy atom. The number of aliphatic hydroxyl groups is 3. The van der Waals surface area contributed by atoms with Crippen LogP contribution in [-0.4, -0.2) is 80.3 Å². The predicted octanol–water partition coefficient (Wildman–Crippen LogP) is -1.27. The van der Waals surface area contributed by atoms with Crippen LogP contribution in [0.1, 0.15) is 25.7 Å². The summed E-state index contributed by atoms with van der Waals surface area (Å²) in [6, 6.07) is 0. The highest BCUT2D eigenvalue weighted by Crippen LogP contribution is 2.19. The van der Waals surface area contributed by atoms with Crippen molar-refractivity contribution < 1.29 is 35.1 Å². The summed E-state index contributed by atoms with van der Waals surface area (Å²) in [5, 5.41) is 46.8. The van der Waals surface area contributed by atoms with Gasteiger partial charge in [0, 0.05) is 19.5 Å². The summed E-state index contributed by atoms with van der Waals surface area (Å²) >= 11 is 0. The van der Waals surface area contributed by atoms with Crippen LogP contribution in [0, 0.1) is 5.92 Å². The van der Waals surface area contributed by atoms with Gasteiger partial charge in [-0.05, 0) is 19.4 Å². The van der Waals surface area contributed by atoms with Gasteiger partial charge in [-0.25, -0.2) is 0 Å². The van der Waals surface area contributed by atoms with E-state index in [-0.39, 0.29) is 19.5 Å². The zero-order valence-electron chi connectivity index (χ0n) is 11.8. The number of carboxylic acids is 2. The summed E-state index contributed by atoms with van der Waals surface area (Å²) in [5.74, 6) is -3.22. The molecule has 4 atom stereocenters. The first-order valence-electron chi connectivity index (χ1n) is 7.04. The maximum absolute atomic E-state index is 11.1. The van der Waals surface area contributed by atoms with Gasteiger partial charge in [-0.3, -0.25) is 14.5 Å². The quantitative estimate of drug-likeness (QED) is 0.367. The lowest BCUT2D eigenvalue weighted by Gasteiger charge is -2.23. The molecule has 1 aliphatic heterocycles. The van der Waals surface area contributed by atoms with Crippen molar-refractivity contribution in [3.8, 4) is 0 Å². The molecule has 8 nitrogen and oxygen atoms in total. The predicted molar refractivity (Wildman–Crippen MR) is 71.7 cm³/mol. The van der Waals surface area contributed by atoms with Crippen molar-refractivity contribution >= 4 is 11.9 Å². The topological polar surface area (TPSA) is 139 Å². The monoisotopic (exact) mass is 305 g/mol. The number of nitrogens with zero attached hydrogens (tertiary/aromatic N) is 1. The van der Waals surface area contributed by atoms with E-state index in [4.69, 9.17) is 10.2 Å². The fraction of sp³-hybridized carbons (Fsp3) is 0.846. The first kappa shape index (κ1) is 17.8. The smallest absolute Gasteiger partial charge is 0.310 e. The Balaban J connectivity index is 2.49. The highest BCUT2D eigenvalue weighted by Gasteiger charge is 2.40. The summed E-state index contributed by atoms with van der Waals surface area (Å²) in [4.78, 5) is 23.2. The number of hydrogen-bond acceptors (Lipinski definition) is 6. The molecular weight excluding hydrogens is 282 g/mol. The number of carbonyl (C=O) groups is 2. The maximum atomic E-state index is 11.1. The second-order valence-electron chi connectivity index (χ2n) is 5.46. The number of β-amino-alcohol motifs (C(OH)–C–C–N with tert-alkyl or cyclic N) is 1. The number of carboxylic acid groups (broad SMARTS) is 2. The third-order valence-corrected chi connectivity index (χ3v) is 3.74. The van der Waals surface area contributed by atoms with Crippen molar-refractivity contribution in [2.45, 2.75) is 44.0 Å². The van der Waals surface area contributed by atoms with Gasteiger partial charge in [0.25, 0.3) is 0 Å². The second-order valence-corrected chi connectivity index (χ2v) is 5.46. The first-order valence-corrected chi connectivity index (χ1v) is 7.04. The molecule has 1 fully saturated rings. The molecule has 1 saturated heterocycles. The lowest BCUT2D eigenvalue weighted by Crippen LogP contribution is -2.43. The zero-order valence-corrected chi connectivity index (χ0v) is 11.8. The lowest BCUT2D eigenvalue weighted by atomic mass is 9.97. The van der Waals surface area contributed by atoms with Crippen LogP contribution in [0.25, 0.3) is 0 Å². The van der Waals surface area contributed by atoms with Gasteiger partial charge in [0.05, 0.1) is 18.1 Å². The molecule has 0 amide bonds. The van der Waals surface area contributed by atoms with Crippen LogP contribution in [0.5, 0.6) is 0 Å². The van der Waals surface area contributed by atoms with Gasteiger partial charge in [0.1, 0.15) is 6.10 Å². The Kier molecular flexibility index (Phi) is 7.03. The minimum Gasteiger partial charge on any atom is -0.481 e. The van der Waals surface area contributed by atoms with Crippen LogP contribution in [-0.2, 0) is 9.59 Å². The number of likely N-dealkylation sites (tertiary alicyclic amines) is 1. The van der Waals surface area contributed by atoms with Crippen molar-refractivity contribution in [1.82, 2.24) is 4.90 Å². The minimum atomic E-state index is -1.51. The van der Waals surface area contributed by atoms with Gasteiger partial charge >= 0.3 is 11.9 Å². The largest absolute Gasteiger partial charge is 0.481 e. The molecule has 1 aliphatic rings. The van der Waals surface area contributed by atoms with E-state index in [9.17, 15) is 24.9 Å². The molecule has 0 radical (unpaired) electrons. The molecule has 8 heteroatoms. The molecule has 0 aromatic carbocycles. The van der Waals surface area contributed by atoms with E-state index in [1.54, 1.807) is 4.90 Å². The molecule has 1 heterocycles. The molecule has 1 rings (SSSR count). The van der Waals surface area contributed by atoms with Gasteiger partial charge < -0.3 is 25.5 Å². The zero-order chi connectivity index (χ0) is 16.0. The Morgan fingerprint density at radius 1 is 0.952 bits per heavy atom. The Morgan fingerprint density at radius 2 is 1.62 bits per heavy atom. The van der Waals surface area contributed by atoms with Crippen LogP contribution < -0.4 is 0 Å². The molecule has 5 N–H and O–H groups in total. The summed E-state index contributed by atoms with van der Waals surface area (Å²) in [6.07, 6.45) is -2.21. The lowest BCUT2D eigenvalue weighted by molar-refractivity contribution is -0.150. The fourth-order valence-electron chi connectivity index (χ4n) is 2.49. The van der Waals surface area contributed by atoms with E-state index in [0.29, 0.717) is 25.8 Å². The molecule has 0 bridgehead atoms. The summed E-state index contributed by atoms with van der Waals surface area (Å²) < 4.78 is 0. The Hall–Kier alpha value is -1.22. The molecule has 0 unspecified atom stereocenters. The number of aliphatic hydroxyl groups excluding tert-OH is 3. The maximum Gasteiger partial charge on any atom is 0.310 e. The molecule has 0 aromatic heterocycles. The highest BCUT2D eigenvalue weighted by atomic mass is 16.4. The van der Waals surface area contributed by atoms with Crippen LogP contribution >= 0.6 is 0 Å². The van der Waals surface area contributed by atoms with Crippen molar-refractivity contribution in [2.75, 3.05) is 19.6 Å². The number of unbranched alkanes of at least 4 members (excludes halogenated alkanes) is 2. The normalized spacial score (nSPS) is 30.8. The molecule has 0 aromatic rings. The third kappa shape index (κ3) is 5.58. The van der Waals surface area contributed by atoms with Gasteiger partial charge in [0.2, 0.25) is 0 Å². The SMILES string of the molecule is O=C(O)CCCCCN1C[C@H](O)[C@@H](O)[C@H](O)[C@H](C(=O)O)C1. The highest BCUT2D eigenvalue weighted by molar-refractivity contribution is 5.71. The van der Waals surface area contributed by atoms with Crippen LogP contribution in [0.2, 0.25) is 0 Å². The van der Waals surface area contributed by atoms with Gasteiger partial charge in [-0.1, -0.05) is 6.42 Å². The van der Waals surface area contributed by atoms with Crippen LogP contribution in [0.4, 0.5) is 0 Å². The molecule has 0 saturated carbocycles. The molecule has 122 valence electrons. The molecule has 0 aliphatic carbocycles. The fourth-order valence-corrected chi connectivity index (χ4v) is 2.49. The Bertz CT molecular complexity index is 362. The average Bonchev–Trinajstić information content (AvgIpc) is 2.50. The molecule has 0 spiro atoms. The van der Waals surface area contributed by atoms with E-state index in [2.05, 4.69) is 0 Å². The van der Waals surface area contributed by atoms with Gasteiger partial charge in [-0.15, -0.1) is 0 Å². The van der Waals surface area contributed by atoms with E-state index < -0.39 is 36.2 Å². The molecule has 21 heavy (non-hydrogen) atoms. The van der Waals surface area contributed by atoms with E-state index in [1.807, 2.05) is 0 Å². The van der Waals surface area contributed by atoms with Crippen LogP contribution in [0.3, 0.4) is 0 Å². The van der Waals surface area contributed by atoms with Crippen molar-refractivity contribution in [1.29, 1.82) is 0 Å². The number of aliphatic carboxylic acids is 2. The number of hydrogen-bond donors (Lipinski definition) is 5. The average molecular weight is 305 g/mol. The van der Waals surface area contributed by atoms with E-state index >= 15 is 0 Å². The standard InChI is InChI=1S/C13H23NO7/c15-9-7-14(5-3-1-2-4-10(16)17)6-8(13(20)21)11(18)12(9)19/h8-9,11-12,15,18-19H,1-7H2,(H,16,17)(H,20,21)/t8-,9+,11-,12-/m1/s1. The second kappa shape index (κ2) is 8.28. The third-order valence-electron chi connectivity index (χ3n) is 3.74. The summed E-state index contributed by atoms with van der Waals surface area (Å²) in [5.41, 5.74) is 0. The van der Waals surface area contributed by atoms with E-state index in [1.165, 1.54) is 0 Å². The Labute approximate surface area is 122 Å². The summed E-state index contributed by atoms with van der Waals surface area (Å²) in [6.45, 7) is 0.615. The van der Waals surface area contributed by atoms with E-state index in [0.717, 1.165) is 0 Å². The number of rotatable bonds is 7. The van der Waals surface area contributed by atoms with Crippen molar-refractivity contribution in [2.24, 2.45) is 5.92 Å². The van der Waals surface area contributed by atoms with Crippen LogP contribution in [0.15, 0.2) is 0 Å².